The predicted octanol–water partition coefficient (Wildman–Crippen LogP) is 2.25. The van der Waals surface area contributed by atoms with Gasteiger partial charge in [0.2, 0.25) is 0 Å². The molecule has 0 radical (unpaired) electrons. The molecule has 1 aromatic carbocycles. The molecule has 0 amide bonds. The molecule has 5 nitrogen and oxygen atoms in total. The molecule has 1 rings (SSSR count). The SMILES string of the molecule is CCOCCOC(=O)c1cc(S(=O)(=O)Cl)c(C)cc1F. The highest BCUT2D eigenvalue weighted by atomic mass is 35.7. The molecule has 0 atom stereocenters. The lowest BCUT2D eigenvalue weighted by molar-refractivity contribution is 0.0330. The quantitative estimate of drug-likeness (QED) is 0.456. The van der Waals surface area contributed by atoms with E-state index in [-0.39, 0.29) is 23.7 Å². The summed E-state index contributed by atoms with van der Waals surface area (Å²) in [5.74, 6) is -1.84. The Morgan fingerprint density at radius 3 is 2.55 bits per heavy atom. The predicted molar refractivity (Wildman–Crippen MR) is 71.0 cm³/mol. The van der Waals surface area contributed by atoms with Crippen molar-refractivity contribution in [2.45, 2.75) is 18.7 Å². The number of carbonyl (C=O) groups excluding carboxylic acids is 1. The number of hydrogen-bond donors (Lipinski definition) is 0. The Morgan fingerprint density at radius 2 is 2.00 bits per heavy atom. The Bertz CT molecular complexity index is 600. The topological polar surface area (TPSA) is 69.7 Å². The van der Waals surface area contributed by atoms with Gasteiger partial charge in [0.15, 0.2) is 0 Å². The molecule has 0 aromatic heterocycles. The summed E-state index contributed by atoms with van der Waals surface area (Å²) in [6.07, 6.45) is 0. The van der Waals surface area contributed by atoms with Crippen LogP contribution in [-0.4, -0.2) is 34.2 Å². The van der Waals surface area contributed by atoms with Crippen molar-refractivity contribution in [3.8, 4) is 0 Å². The highest BCUT2D eigenvalue weighted by Crippen LogP contribution is 2.23. The molecular weight excluding hydrogens is 311 g/mol. The van der Waals surface area contributed by atoms with Crippen LogP contribution in [-0.2, 0) is 18.5 Å². The average molecular weight is 325 g/mol. The van der Waals surface area contributed by atoms with Crippen molar-refractivity contribution in [3.05, 3.63) is 29.1 Å². The minimum atomic E-state index is -4.06. The number of ether oxygens (including phenoxy) is 2. The van der Waals surface area contributed by atoms with Gasteiger partial charge in [0.25, 0.3) is 9.05 Å². The third-order valence-corrected chi connectivity index (χ3v) is 3.88. The van der Waals surface area contributed by atoms with E-state index in [9.17, 15) is 17.6 Å². The number of halogens is 2. The van der Waals surface area contributed by atoms with E-state index in [4.69, 9.17) is 20.2 Å². The van der Waals surface area contributed by atoms with Gasteiger partial charge in [-0.3, -0.25) is 0 Å². The van der Waals surface area contributed by atoms with Gasteiger partial charge >= 0.3 is 5.97 Å². The highest BCUT2D eigenvalue weighted by molar-refractivity contribution is 8.13. The molecule has 0 saturated carbocycles. The molecule has 0 heterocycles. The van der Waals surface area contributed by atoms with E-state index >= 15 is 0 Å². The zero-order chi connectivity index (χ0) is 15.3. The number of aryl methyl sites for hydroxylation is 1. The molecule has 0 aliphatic heterocycles. The van der Waals surface area contributed by atoms with Crippen LogP contribution in [0.5, 0.6) is 0 Å². The fourth-order valence-corrected chi connectivity index (χ4v) is 2.69. The molecule has 0 N–H and O–H groups in total. The Balaban J connectivity index is 2.98. The minimum Gasteiger partial charge on any atom is -0.460 e. The maximum absolute atomic E-state index is 13.7. The van der Waals surface area contributed by atoms with Crippen LogP contribution in [0.1, 0.15) is 22.8 Å². The molecule has 0 aliphatic carbocycles. The number of hydrogen-bond acceptors (Lipinski definition) is 5. The van der Waals surface area contributed by atoms with Crippen LogP contribution in [0.15, 0.2) is 17.0 Å². The van der Waals surface area contributed by atoms with E-state index in [2.05, 4.69) is 0 Å². The smallest absolute Gasteiger partial charge is 0.341 e. The van der Waals surface area contributed by atoms with Crippen LogP contribution >= 0.6 is 10.7 Å². The normalized spacial score (nSPS) is 11.4. The fourth-order valence-electron chi connectivity index (χ4n) is 1.49. The van der Waals surface area contributed by atoms with Crippen LogP contribution in [0.25, 0.3) is 0 Å². The van der Waals surface area contributed by atoms with Gasteiger partial charge in [-0.1, -0.05) is 0 Å². The van der Waals surface area contributed by atoms with E-state index < -0.39 is 26.4 Å². The van der Waals surface area contributed by atoms with Gasteiger partial charge in [-0.2, -0.15) is 0 Å². The lowest BCUT2D eigenvalue weighted by Crippen LogP contribution is -2.13. The summed E-state index contributed by atoms with van der Waals surface area (Å²) in [6, 6.07) is 1.80. The molecule has 0 spiro atoms. The Kier molecular flexibility index (Phi) is 5.91. The van der Waals surface area contributed by atoms with Gasteiger partial charge in [-0.15, -0.1) is 0 Å². The van der Waals surface area contributed by atoms with Crippen LogP contribution in [0, 0.1) is 12.7 Å². The van der Waals surface area contributed by atoms with E-state index in [0.717, 1.165) is 12.1 Å². The summed E-state index contributed by atoms with van der Waals surface area (Å²) in [6.45, 7) is 3.74. The van der Waals surface area contributed by atoms with Crippen molar-refractivity contribution in [1.29, 1.82) is 0 Å². The van der Waals surface area contributed by atoms with Gasteiger partial charge in [-0.05, 0) is 31.5 Å². The minimum absolute atomic E-state index is 0.0526. The number of esters is 1. The van der Waals surface area contributed by atoms with E-state index in [1.54, 1.807) is 6.92 Å². The van der Waals surface area contributed by atoms with Gasteiger partial charge in [0.05, 0.1) is 17.1 Å². The summed E-state index contributed by atoms with van der Waals surface area (Å²) in [7, 11) is 1.15. The van der Waals surface area contributed by atoms with Gasteiger partial charge in [0, 0.05) is 17.3 Å². The van der Waals surface area contributed by atoms with Crippen molar-refractivity contribution in [1.82, 2.24) is 0 Å². The van der Waals surface area contributed by atoms with Gasteiger partial charge in [-0.25, -0.2) is 17.6 Å². The molecule has 0 unspecified atom stereocenters. The van der Waals surface area contributed by atoms with Crippen LogP contribution < -0.4 is 0 Å². The molecule has 1 aromatic rings. The molecule has 0 saturated heterocycles. The van der Waals surface area contributed by atoms with Gasteiger partial charge < -0.3 is 9.47 Å². The van der Waals surface area contributed by atoms with E-state index in [1.807, 2.05) is 0 Å². The number of carbonyl (C=O) groups is 1. The molecular formula is C12H14ClFO5S. The summed E-state index contributed by atoms with van der Waals surface area (Å²) >= 11 is 0. The Morgan fingerprint density at radius 1 is 1.35 bits per heavy atom. The zero-order valence-corrected chi connectivity index (χ0v) is 12.6. The Hall–Kier alpha value is -1.18. The highest BCUT2D eigenvalue weighted by Gasteiger charge is 2.21. The van der Waals surface area contributed by atoms with E-state index in [1.165, 1.54) is 6.92 Å². The third-order valence-electron chi connectivity index (χ3n) is 2.41. The van der Waals surface area contributed by atoms with Crippen molar-refractivity contribution in [3.63, 3.8) is 0 Å². The zero-order valence-electron chi connectivity index (χ0n) is 11.0. The summed E-state index contributed by atoms with van der Waals surface area (Å²) < 4.78 is 46.0. The molecule has 0 aliphatic rings. The van der Waals surface area contributed by atoms with Crippen LogP contribution in [0.3, 0.4) is 0 Å². The van der Waals surface area contributed by atoms with Crippen molar-refractivity contribution >= 4 is 25.7 Å². The first-order chi connectivity index (χ1) is 9.27. The average Bonchev–Trinajstić information content (AvgIpc) is 2.32. The van der Waals surface area contributed by atoms with Crippen LogP contribution in [0.4, 0.5) is 4.39 Å². The lowest BCUT2D eigenvalue weighted by Gasteiger charge is -2.08. The molecule has 8 heteroatoms. The molecule has 0 bridgehead atoms. The summed E-state index contributed by atoms with van der Waals surface area (Å²) in [5, 5.41) is 0. The monoisotopic (exact) mass is 324 g/mol. The van der Waals surface area contributed by atoms with Gasteiger partial charge in [0.1, 0.15) is 12.4 Å². The van der Waals surface area contributed by atoms with Crippen molar-refractivity contribution in [2.24, 2.45) is 0 Å². The maximum atomic E-state index is 13.7. The van der Waals surface area contributed by atoms with E-state index in [0.29, 0.717) is 6.61 Å². The first kappa shape index (κ1) is 16.9. The summed E-state index contributed by atoms with van der Waals surface area (Å²) in [4.78, 5) is 11.3. The van der Waals surface area contributed by atoms with Crippen LogP contribution in [0.2, 0.25) is 0 Å². The molecule has 20 heavy (non-hydrogen) atoms. The first-order valence-electron chi connectivity index (χ1n) is 5.77. The van der Waals surface area contributed by atoms with Crippen molar-refractivity contribution in [2.75, 3.05) is 19.8 Å². The maximum Gasteiger partial charge on any atom is 0.341 e. The lowest BCUT2D eigenvalue weighted by atomic mass is 10.1. The number of benzene rings is 1. The van der Waals surface area contributed by atoms with Crippen molar-refractivity contribution < 1.29 is 27.1 Å². The third kappa shape index (κ3) is 4.43. The summed E-state index contributed by atoms with van der Waals surface area (Å²) in [5.41, 5.74) is -0.366. The first-order valence-corrected chi connectivity index (χ1v) is 8.08. The number of rotatable bonds is 6. The largest absolute Gasteiger partial charge is 0.460 e. The molecule has 0 fully saturated rings. The standard InChI is InChI=1S/C12H14ClFO5S/c1-3-18-4-5-19-12(15)9-7-11(20(13,16)17)8(2)6-10(9)14/h6-7H,3-5H2,1-2H3. The second kappa shape index (κ2) is 7.01. The fraction of sp³-hybridized carbons (Fsp3) is 0.417. The second-order valence-corrected chi connectivity index (χ2v) is 6.40. The second-order valence-electron chi connectivity index (χ2n) is 3.87. The Labute approximate surface area is 121 Å². The molecule has 112 valence electrons.